The third-order valence-corrected chi connectivity index (χ3v) is 6.01. The van der Waals surface area contributed by atoms with Crippen LogP contribution in [0.5, 0.6) is 0 Å². The zero-order valence-electron chi connectivity index (χ0n) is 17.3. The summed E-state index contributed by atoms with van der Waals surface area (Å²) in [6.45, 7) is 1.35. The van der Waals surface area contributed by atoms with E-state index < -0.39 is 0 Å². The lowest BCUT2D eigenvalue weighted by Gasteiger charge is -2.28. The Kier molecular flexibility index (Phi) is 5.37. The number of aromatic nitrogens is 3. The molecule has 160 valence electrons. The molecule has 1 aliphatic rings. The van der Waals surface area contributed by atoms with E-state index in [0.29, 0.717) is 36.6 Å². The van der Waals surface area contributed by atoms with Gasteiger partial charge in [0.05, 0.1) is 24.5 Å². The van der Waals surface area contributed by atoms with Crippen molar-refractivity contribution in [1.29, 1.82) is 0 Å². The van der Waals surface area contributed by atoms with E-state index in [1.54, 1.807) is 46.2 Å². The van der Waals surface area contributed by atoms with E-state index in [9.17, 15) is 9.59 Å². The number of fused-ring (bicyclic) bond motifs is 1. The van der Waals surface area contributed by atoms with Crippen LogP contribution in [0, 0.1) is 0 Å². The molecule has 0 fully saturated rings. The van der Waals surface area contributed by atoms with E-state index in [2.05, 4.69) is 4.98 Å². The molecule has 0 saturated carbocycles. The second-order valence-corrected chi connectivity index (χ2v) is 8.22. The summed E-state index contributed by atoms with van der Waals surface area (Å²) in [7, 11) is 0. The lowest BCUT2D eigenvalue weighted by atomic mass is 10.1. The number of hydrogen-bond donors (Lipinski definition) is 0. The summed E-state index contributed by atoms with van der Waals surface area (Å²) in [5.41, 5.74) is 3.95. The van der Waals surface area contributed by atoms with Crippen molar-refractivity contribution in [2.75, 3.05) is 6.54 Å². The van der Waals surface area contributed by atoms with Crippen molar-refractivity contribution in [3.05, 3.63) is 117 Å². The predicted molar refractivity (Wildman–Crippen MR) is 123 cm³/mol. The number of para-hydroxylation sites is 1. The molecule has 7 heteroatoms. The highest BCUT2D eigenvalue weighted by molar-refractivity contribution is 6.30. The van der Waals surface area contributed by atoms with E-state index in [0.717, 1.165) is 22.5 Å². The Balaban J connectivity index is 1.57. The van der Waals surface area contributed by atoms with Crippen LogP contribution in [0.1, 0.15) is 27.2 Å². The number of pyridine rings is 1. The molecular formula is C25H21ClN4O2. The molecule has 0 aliphatic carbocycles. The van der Waals surface area contributed by atoms with Gasteiger partial charge in [-0.15, -0.1) is 0 Å². The van der Waals surface area contributed by atoms with Crippen LogP contribution in [0.4, 0.5) is 0 Å². The van der Waals surface area contributed by atoms with Crippen molar-refractivity contribution in [3.8, 4) is 5.69 Å². The molecule has 3 heterocycles. The zero-order chi connectivity index (χ0) is 22.1. The predicted octanol–water partition coefficient (Wildman–Crippen LogP) is 3.93. The number of hydrogen-bond acceptors (Lipinski definition) is 3. The van der Waals surface area contributed by atoms with Gasteiger partial charge in [0.2, 0.25) is 0 Å². The monoisotopic (exact) mass is 444 g/mol. The van der Waals surface area contributed by atoms with Crippen molar-refractivity contribution in [3.63, 3.8) is 0 Å². The molecule has 4 aromatic rings. The molecular weight excluding hydrogens is 424 g/mol. The highest BCUT2D eigenvalue weighted by Crippen LogP contribution is 2.22. The van der Waals surface area contributed by atoms with E-state index in [1.807, 2.05) is 47.1 Å². The zero-order valence-corrected chi connectivity index (χ0v) is 18.1. The number of benzene rings is 2. The maximum absolute atomic E-state index is 13.4. The van der Waals surface area contributed by atoms with Gasteiger partial charge in [0.1, 0.15) is 0 Å². The first kappa shape index (κ1) is 20.3. The fraction of sp³-hybridized carbons (Fsp3) is 0.160. The first-order chi connectivity index (χ1) is 15.6. The van der Waals surface area contributed by atoms with Crippen molar-refractivity contribution in [2.24, 2.45) is 0 Å². The molecule has 2 aromatic heterocycles. The van der Waals surface area contributed by atoms with Crippen LogP contribution in [0.2, 0.25) is 5.02 Å². The van der Waals surface area contributed by atoms with Crippen LogP contribution in [0.25, 0.3) is 5.69 Å². The van der Waals surface area contributed by atoms with Gasteiger partial charge in [-0.1, -0.05) is 35.9 Å². The minimum atomic E-state index is -0.0693. The summed E-state index contributed by atoms with van der Waals surface area (Å²) in [5, 5.41) is 0.590. The molecule has 0 saturated heterocycles. The number of carbonyl (C=O) groups is 1. The first-order valence-electron chi connectivity index (χ1n) is 10.4. The Bertz CT molecular complexity index is 1310. The van der Waals surface area contributed by atoms with E-state index in [-0.39, 0.29) is 11.5 Å². The van der Waals surface area contributed by atoms with Crippen LogP contribution >= 0.6 is 11.6 Å². The van der Waals surface area contributed by atoms with Gasteiger partial charge in [-0.25, -0.2) is 4.68 Å². The molecule has 1 amide bonds. The van der Waals surface area contributed by atoms with Gasteiger partial charge in [0.25, 0.3) is 11.5 Å². The third kappa shape index (κ3) is 3.74. The summed E-state index contributed by atoms with van der Waals surface area (Å²) < 4.78 is 3.69. The Labute approximate surface area is 190 Å². The summed E-state index contributed by atoms with van der Waals surface area (Å²) in [6, 6.07) is 20.4. The van der Waals surface area contributed by atoms with E-state index in [4.69, 9.17) is 11.6 Å². The molecule has 0 spiro atoms. The minimum Gasteiger partial charge on any atom is -0.332 e. The molecule has 0 unspecified atom stereocenters. The van der Waals surface area contributed by atoms with Gasteiger partial charge in [0, 0.05) is 35.1 Å². The molecule has 0 atom stereocenters. The van der Waals surface area contributed by atoms with E-state index in [1.165, 1.54) is 0 Å². The normalized spacial score (nSPS) is 13.1. The Morgan fingerprint density at radius 3 is 2.50 bits per heavy atom. The molecule has 2 aromatic carbocycles. The van der Waals surface area contributed by atoms with Gasteiger partial charge in [-0.3, -0.25) is 19.3 Å². The van der Waals surface area contributed by atoms with Gasteiger partial charge in [-0.05, 0) is 54.4 Å². The lowest BCUT2D eigenvalue weighted by Crippen LogP contribution is -2.37. The third-order valence-electron chi connectivity index (χ3n) is 5.76. The van der Waals surface area contributed by atoms with Crippen LogP contribution in [-0.2, 0) is 19.5 Å². The molecule has 0 bridgehead atoms. The average Bonchev–Trinajstić information content (AvgIpc) is 3.11. The largest absolute Gasteiger partial charge is 0.332 e. The van der Waals surface area contributed by atoms with Crippen LogP contribution < -0.4 is 5.56 Å². The molecule has 0 radical (unpaired) electrons. The highest BCUT2D eigenvalue weighted by atomic mass is 35.5. The van der Waals surface area contributed by atoms with Crippen molar-refractivity contribution in [1.82, 2.24) is 19.2 Å². The second-order valence-electron chi connectivity index (χ2n) is 7.78. The smallest absolute Gasteiger partial charge is 0.275 e. The number of halogens is 1. The number of carbonyl (C=O) groups excluding carboxylic acids is 1. The quantitative estimate of drug-likeness (QED) is 0.479. The fourth-order valence-corrected chi connectivity index (χ4v) is 4.30. The Morgan fingerprint density at radius 1 is 1.00 bits per heavy atom. The van der Waals surface area contributed by atoms with Crippen molar-refractivity contribution < 1.29 is 4.79 Å². The molecule has 6 nitrogen and oxygen atoms in total. The van der Waals surface area contributed by atoms with Crippen LogP contribution in [0.15, 0.2) is 83.9 Å². The topological polar surface area (TPSA) is 60.1 Å². The highest BCUT2D eigenvalue weighted by Gasteiger charge is 2.29. The van der Waals surface area contributed by atoms with Crippen molar-refractivity contribution in [2.45, 2.75) is 19.5 Å². The Morgan fingerprint density at radius 2 is 1.78 bits per heavy atom. The number of nitrogens with zero attached hydrogens (tertiary/aromatic N) is 4. The van der Waals surface area contributed by atoms with Crippen LogP contribution in [-0.4, -0.2) is 31.7 Å². The van der Waals surface area contributed by atoms with E-state index >= 15 is 0 Å². The first-order valence-corrected chi connectivity index (χ1v) is 10.8. The van der Waals surface area contributed by atoms with Crippen molar-refractivity contribution >= 4 is 17.5 Å². The van der Waals surface area contributed by atoms with Gasteiger partial charge in [0.15, 0.2) is 0 Å². The average molecular weight is 445 g/mol. The maximum Gasteiger partial charge on any atom is 0.275 e. The molecule has 1 aliphatic heterocycles. The standard InChI is InChI=1S/C25H21ClN4O2/c26-20-10-8-19(9-11-20)24(31)28-14-12-22-23(17-28)29(16-18-5-4-13-27-15-18)30(25(22)32)21-6-2-1-3-7-21/h1-11,13,15H,12,14,16-17H2. The number of amides is 1. The lowest BCUT2D eigenvalue weighted by molar-refractivity contribution is 0.0729. The summed E-state index contributed by atoms with van der Waals surface area (Å²) >= 11 is 5.97. The second kappa shape index (κ2) is 8.48. The maximum atomic E-state index is 13.4. The summed E-state index contributed by atoms with van der Waals surface area (Å²) in [6.07, 6.45) is 4.04. The summed E-state index contributed by atoms with van der Waals surface area (Å²) in [4.78, 5) is 32.6. The molecule has 0 N–H and O–H groups in total. The number of rotatable bonds is 4. The minimum absolute atomic E-state index is 0.0336. The van der Waals surface area contributed by atoms with Gasteiger partial charge in [-0.2, -0.15) is 0 Å². The van der Waals surface area contributed by atoms with Gasteiger partial charge < -0.3 is 4.90 Å². The van der Waals surface area contributed by atoms with Gasteiger partial charge >= 0.3 is 0 Å². The fourth-order valence-electron chi connectivity index (χ4n) is 4.18. The Hall–Kier alpha value is -3.64. The molecule has 32 heavy (non-hydrogen) atoms. The SMILES string of the molecule is O=C(c1ccc(Cl)cc1)N1CCc2c(n(Cc3cccnc3)n(-c3ccccc3)c2=O)C1. The summed E-state index contributed by atoms with van der Waals surface area (Å²) in [5.74, 6) is -0.0693. The van der Waals surface area contributed by atoms with Crippen LogP contribution in [0.3, 0.4) is 0 Å². The molecule has 5 rings (SSSR count).